The van der Waals surface area contributed by atoms with Crippen molar-refractivity contribution in [3.05, 3.63) is 33.8 Å². The van der Waals surface area contributed by atoms with Crippen LogP contribution in [0.25, 0.3) is 10.6 Å². The Hall–Kier alpha value is -0.810. The van der Waals surface area contributed by atoms with E-state index in [4.69, 9.17) is 23.2 Å². The van der Waals surface area contributed by atoms with E-state index in [1.807, 2.05) is 12.3 Å². The third-order valence-corrected chi connectivity index (χ3v) is 5.40. The molecule has 2 aromatic heterocycles. The molecule has 0 unspecified atom stereocenters. The normalized spacial score (nSPS) is 16.6. The summed E-state index contributed by atoms with van der Waals surface area (Å²) in [5.41, 5.74) is 2.14. The molecule has 0 radical (unpaired) electrons. The van der Waals surface area contributed by atoms with E-state index in [0.717, 1.165) is 36.8 Å². The fourth-order valence-corrected chi connectivity index (χ4v) is 3.62. The van der Waals surface area contributed by atoms with Crippen LogP contribution in [0.5, 0.6) is 0 Å². The average molecular weight is 328 g/mol. The molecular formula is C14H15Cl2N3S. The zero-order valence-electron chi connectivity index (χ0n) is 11.1. The van der Waals surface area contributed by atoms with Gasteiger partial charge in [-0.15, -0.1) is 11.3 Å². The highest BCUT2D eigenvalue weighted by Crippen LogP contribution is 2.37. The van der Waals surface area contributed by atoms with E-state index in [-0.39, 0.29) is 0 Å². The molecule has 0 aromatic carbocycles. The van der Waals surface area contributed by atoms with Crippen molar-refractivity contribution in [1.82, 2.24) is 9.88 Å². The van der Waals surface area contributed by atoms with Gasteiger partial charge in [-0.1, -0.05) is 23.2 Å². The standard InChI is InChI=1S/C14H15Cl2N3S/c1-18-4-6-19(7-5-18)10-2-3-17-12(8-10)13-9-11(15)14(16)20-13/h2-3,8-9H,4-7H2,1H3. The van der Waals surface area contributed by atoms with Gasteiger partial charge in [0, 0.05) is 38.1 Å². The minimum Gasteiger partial charge on any atom is -0.369 e. The van der Waals surface area contributed by atoms with Crippen LogP contribution in [0, 0.1) is 0 Å². The number of halogens is 2. The smallest absolute Gasteiger partial charge is 0.112 e. The summed E-state index contributed by atoms with van der Waals surface area (Å²) < 4.78 is 0.619. The van der Waals surface area contributed by atoms with Crippen molar-refractivity contribution in [2.75, 3.05) is 38.1 Å². The zero-order chi connectivity index (χ0) is 14.1. The van der Waals surface area contributed by atoms with Crippen LogP contribution in [0.1, 0.15) is 0 Å². The molecule has 0 atom stereocenters. The zero-order valence-corrected chi connectivity index (χ0v) is 13.5. The fourth-order valence-electron chi connectivity index (χ4n) is 2.29. The summed E-state index contributed by atoms with van der Waals surface area (Å²) in [4.78, 5) is 10.2. The number of thiophene rings is 1. The molecule has 2 aromatic rings. The van der Waals surface area contributed by atoms with Crippen molar-refractivity contribution in [3.8, 4) is 10.6 Å². The maximum atomic E-state index is 6.03. The maximum absolute atomic E-state index is 6.03. The van der Waals surface area contributed by atoms with E-state index in [1.54, 1.807) is 0 Å². The van der Waals surface area contributed by atoms with E-state index in [1.165, 1.54) is 17.0 Å². The summed E-state index contributed by atoms with van der Waals surface area (Å²) in [5, 5.41) is 0.596. The van der Waals surface area contributed by atoms with Crippen LogP contribution in [0.2, 0.25) is 9.36 Å². The van der Waals surface area contributed by atoms with Gasteiger partial charge in [0.1, 0.15) is 4.34 Å². The Bertz CT molecular complexity index is 587. The molecule has 106 valence electrons. The van der Waals surface area contributed by atoms with Crippen LogP contribution in [0.4, 0.5) is 5.69 Å². The molecule has 0 bridgehead atoms. The molecule has 0 amide bonds. The van der Waals surface area contributed by atoms with Crippen LogP contribution in [0.3, 0.4) is 0 Å². The lowest BCUT2D eigenvalue weighted by atomic mass is 10.2. The highest BCUT2D eigenvalue weighted by atomic mass is 35.5. The monoisotopic (exact) mass is 327 g/mol. The minimum atomic E-state index is 0.596. The summed E-state index contributed by atoms with van der Waals surface area (Å²) in [5.74, 6) is 0. The predicted octanol–water partition coefficient (Wildman–Crippen LogP) is 3.87. The molecule has 6 heteroatoms. The van der Waals surface area contributed by atoms with Gasteiger partial charge in [-0.05, 0) is 25.2 Å². The second-order valence-corrected chi connectivity index (χ2v) is 6.98. The molecule has 3 heterocycles. The Morgan fingerprint density at radius 1 is 1.15 bits per heavy atom. The molecular weight excluding hydrogens is 313 g/mol. The van der Waals surface area contributed by atoms with E-state index < -0.39 is 0 Å². The second-order valence-electron chi connectivity index (χ2n) is 4.92. The van der Waals surface area contributed by atoms with Gasteiger partial charge in [0.2, 0.25) is 0 Å². The number of piperazine rings is 1. The molecule has 1 aliphatic heterocycles. The first-order chi connectivity index (χ1) is 9.63. The van der Waals surface area contributed by atoms with Gasteiger partial charge >= 0.3 is 0 Å². The number of hydrogen-bond donors (Lipinski definition) is 0. The van der Waals surface area contributed by atoms with Crippen LogP contribution in [-0.2, 0) is 0 Å². The van der Waals surface area contributed by atoms with Crippen LogP contribution in [-0.4, -0.2) is 43.1 Å². The summed E-state index contributed by atoms with van der Waals surface area (Å²) in [6.45, 7) is 4.28. The molecule has 0 saturated carbocycles. The Kier molecular flexibility index (Phi) is 4.17. The van der Waals surface area contributed by atoms with Gasteiger partial charge in [-0.2, -0.15) is 0 Å². The number of anilines is 1. The van der Waals surface area contributed by atoms with E-state index in [2.05, 4.69) is 34.0 Å². The van der Waals surface area contributed by atoms with Gasteiger partial charge in [0.15, 0.2) is 0 Å². The van der Waals surface area contributed by atoms with Gasteiger partial charge in [-0.25, -0.2) is 0 Å². The highest BCUT2D eigenvalue weighted by Gasteiger charge is 2.15. The van der Waals surface area contributed by atoms with E-state index in [0.29, 0.717) is 9.36 Å². The maximum Gasteiger partial charge on any atom is 0.112 e. The SMILES string of the molecule is CN1CCN(c2ccnc(-c3cc(Cl)c(Cl)s3)c2)CC1. The van der Waals surface area contributed by atoms with Gasteiger partial charge in [-0.3, -0.25) is 4.98 Å². The Morgan fingerprint density at radius 2 is 1.90 bits per heavy atom. The van der Waals surface area contributed by atoms with Crippen molar-refractivity contribution < 1.29 is 0 Å². The quantitative estimate of drug-likeness (QED) is 0.834. The number of nitrogens with zero attached hydrogens (tertiary/aromatic N) is 3. The van der Waals surface area contributed by atoms with Crippen LogP contribution >= 0.6 is 34.5 Å². The minimum absolute atomic E-state index is 0.596. The highest BCUT2D eigenvalue weighted by molar-refractivity contribution is 7.20. The summed E-state index contributed by atoms with van der Waals surface area (Å²) >= 11 is 13.5. The van der Waals surface area contributed by atoms with Crippen molar-refractivity contribution in [2.45, 2.75) is 0 Å². The summed E-state index contributed by atoms with van der Waals surface area (Å²) in [7, 11) is 2.16. The first-order valence-electron chi connectivity index (χ1n) is 6.48. The molecule has 1 fully saturated rings. The second kappa shape index (κ2) is 5.90. The van der Waals surface area contributed by atoms with Gasteiger partial charge in [0.25, 0.3) is 0 Å². The molecule has 20 heavy (non-hydrogen) atoms. The third kappa shape index (κ3) is 2.93. The number of likely N-dealkylation sites (N-methyl/N-ethyl adjacent to an activating group) is 1. The number of rotatable bonds is 2. The third-order valence-electron chi connectivity index (χ3n) is 3.51. The van der Waals surface area contributed by atoms with E-state index >= 15 is 0 Å². The molecule has 1 aliphatic rings. The molecule has 3 rings (SSSR count). The predicted molar refractivity (Wildman–Crippen MR) is 87.3 cm³/mol. The van der Waals surface area contributed by atoms with Crippen LogP contribution < -0.4 is 4.90 Å². The number of aromatic nitrogens is 1. The number of pyridine rings is 1. The Morgan fingerprint density at radius 3 is 2.55 bits per heavy atom. The fraction of sp³-hybridized carbons (Fsp3) is 0.357. The van der Waals surface area contributed by atoms with Crippen molar-refractivity contribution in [2.24, 2.45) is 0 Å². The lowest BCUT2D eigenvalue weighted by Gasteiger charge is -2.34. The van der Waals surface area contributed by atoms with Crippen molar-refractivity contribution in [3.63, 3.8) is 0 Å². The lowest BCUT2D eigenvalue weighted by molar-refractivity contribution is 0.313. The molecule has 0 aliphatic carbocycles. The summed E-state index contributed by atoms with van der Waals surface area (Å²) in [6.07, 6.45) is 1.85. The summed E-state index contributed by atoms with van der Waals surface area (Å²) in [6, 6.07) is 6.06. The topological polar surface area (TPSA) is 19.4 Å². The first-order valence-corrected chi connectivity index (χ1v) is 8.05. The Labute approximate surface area is 132 Å². The largest absolute Gasteiger partial charge is 0.369 e. The molecule has 0 spiro atoms. The number of hydrogen-bond acceptors (Lipinski definition) is 4. The van der Waals surface area contributed by atoms with Gasteiger partial charge < -0.3 is 9.80 Å². The molecule has 1 saturated heterocycles. The van der Waals surface area contributed by atoms with E-state index in [9.17, 15) is 0 Å². The Balaban J connectivity index is 1.86. The van der Waals surface area contributed by atoms with Crippen molar-refractivity contribution in [1.29, 1.82) is 0 Å². The average Bonchev–Trinajstić information content (AvgIpc) is 2.80. The molecule has 0 N–H and O–H groups in total. The first kappa shape index (κ1) is 14.1. The van der Waals surface area contributed by atoms with Gasteiger partial charge in [0.05, 0.1) is 15.6 Å². The van der Waals surface area contributed by atoms with Crippen molar-refractivity contribution >= 4 is 40.2 Å². The van der Waals surface area contributed by atoms with Crippen LogP contribution in [0.15, 0.2) is 24.4 Å². The molecule has 3 nitrogen and oxygen atoms in total. The lowest BCUT2D eigenvalue weighted by Crippen LogP contribution is -2.44.